The number of halogens is 1. The molecule has 0 aromatic heterocycles. The number of hydrogen-bond donors (Lipinski definition) is 2. The van der Waals surface area contributed by atoms with Crippen molar-refractivity contribution in [2.75, 3.05) is 30.8 Å². The quantitative estimate of drug-likeness (QED) is 0.786. The minimum Gasteiger partial charge on any atom is -0.497 e. The van der Waals surface area contributed by atoms with Crippen LogP contribution >= 0.6 is 11.6 Å². The van der Waals surface area contributed by atoms with Crippen molar-refractivity contribution >= 4 is 23.0 Å². The van der Waals surface area contributed by atoms with Gasteiger partial charge in [0.15, 0.2) is 0 Å². The second-order valence-electron chi connectivity index (χ2n) is 4.09. The topological polar surface area (TPSA) is 33.3 Å². The molecule has 4 heteroatoms. The summed E-state index contributed by atoms with van der Waals surface area (Å²) in [5, 5.41) is 7.40. The first kappa shape index (κ1) is 13.6. The lowest BCUT2D eigenvalue weighted by atomic mass is 10.3. The Kier molecular flexibility index (Phi) is 4.93. The van der Waals surface area contributed by atoms with E-state index < -0.39 is 0 Å². The van der Waals surface area contributed by atoms with Crippen molar-refractivity contribution in [3.05, 3.63) is 53.6 Å². The van der Waals surface area contributed by atoms with Gasteiger partial charge in [0, 0.05) is 29.5 Å². The Morgan fingerprint density at radius 1 is 0.842 bits per heavy atom. The molecule has 100 valence electrons. The Bertz CT molecular complexity index is 497. The van der Waals surface area contributed by atoms with Gasteiger partial charge in [0.1, 0.15) is 5.75 Å². The van der Waals surface area contributed by atoms with Crippen LogP contribution in [0.15, 0.2) is 48.5 Å². The molecule has 0 unspecified atom stereocenters. The van der Waals surface area contributed by atoms with Crippen LogP contribution in [0, 0.1) is 0 Å². The van der Waals surface area contributed by atoms with E-state index in [0.29, 0.717) is 0 Å². The largest absolute Gasteiger partial charge is 0.497 e. The third kappa shape index (κ3) is 4.38. The van der Waals surface area contributed by atoms with Gasteiger partial charge >= 0.3 is 0 Å². The van der Waals surface area contributed by atoms with Crippen molar-refractivity contribution in [3.8, 4) is 5.75 Å². The average Bonchev–Trinajstić information content (AvgIpc) is 2.46. The summed E-state index contributed by atoms with van der Waals surface area (Å²) in [6.45, 7) is 1.68. The molecule has 3 nitrogen and oxygen atoms in total. The number of anilines is 2. The fourth-order valence-corrected chi connectivity index (χ4v) is 1.82. The van der Waals surface area contributed by atoms with Crippen molar-refractivity contribution in [1.82, 2.24) is 0 Å². The maximum Gasteiger partial charge on any atom is 0.119 e. The Morgan fingerprint density at radius 2 is 1.32 bits per heavy atom. The minimum atomic E-state index is 0.752. The van der Waals surface area contributed by atoms with Crippen molar-refractivity contribution in [2.24, 2.45) is 0 Å². The van der Waals surface area contributed by atoms with Gasteiger partial charge in [-0.05, 0) is 48.5 Å². The van der Waals surface area contributed by atoms with Crippen LogP contribution in [0.3, 0.4) is 0 Å². The second-order valence-corrected chi connectivity index (χ2v) is 4.53. The highest BCUT2D eigenvalue weighted by Gasteiger charge is 1.94. The van der Waals surface area contributed by atoms with E-state index in [1.807, 2.05) is 48.5 Å². The van der Waals surface area contributed by atoms with Crippen molar-refractivity contribution < 1.29 is 4.74 Å². The predicted molar refractivity (Wildman–Crippen MR) is 81.4 cm³/mol. The first-order valence-corrected chi connectivity index (χ1v) is 6.53. The lowest BCUT2D eigenvalue weighted by Crippen LogP contribution is -2.13. The van der Waals surface area contributed by atoms with Crippen LogP contribution in [-0.4, -0.2) is 20.2 Å². The van der Waals surface area contributed by atoms with Gasteiger partial charge in [0.05, 0.1) is 7.11 Å². The zero-order valence-electron chi connectivity index (χ0n) is 10.8. The molecule has 2 rings (SSSR count). The average molecular weight is 277 g/mol. The highest BCUT2D eigenvalue weighted by molar-refractivity contribution is 6.30. The summed E-state index contributed by atoms with van der Waals surface area (Å²) in [5.41, 5.74) is 2.15. The highest BCUT2D eigenvalue weighted by Crippen LogP contribution is 2.15. The fourth-order valence-electron chi connectivity index (χ4n) is 1.69. The molecular formula is C15H17ClN2O. The van der Waals surface area contributed by atoms with E-state index in [0.717, 1.165) is 35.2 Å². The van der Waals surface area contributed by atoms with E-state index in [2.05, 4.69) is 10.6 Å². The molecule has 0 aliphatic heterocycles. The monoisotopic (exact) mass is 276 g/mol. The van der Waals surface area contributed by atoms with Crippen molar-refractivity contribution in [1.29, 1.82) is 0 Å². The van der Waals surface area contributed by atoms with Gasteiger partial charge in [0.2, 0.25) is 0 Å². The molecule has 0 saturated heterocycles. The Labute approximate surface area is 118 Å². The molecule has 0 aliphatic carbocycles. The van der Waals surface area contributed by atoms with Gasteiger partial charge < -0.3 is 15.4 Å². The number of benzene rings is 2. The lowest BCUT2D eigenvalue weighted by Gasteiger charge is -2.09. The van der Waals surface area contributed by atoms with Crippen LogP contribution in [-0.2, 0) is 0 Å². The molecule has 19 heavy (non-hydrogen) atoms. The molecule has 0 spiro atoms. The summed E-state index contributed by atoms with van der Waals surface area (Å²) in [6, 6.07) is 15.6. The first-order chi connectivity index (χ1) is 9.28. The van der Waals surface area contributed by atoms with Crippen molar-refractivity contribution in [3.63, 3.8) is 0 Å². The SMILES string of the molecule is COc1ccc(NCCNc2ccc(Cl)cc2)cc1. The van der Waals surface area contributed by atoms with Gasteiger partial charge in [-0.15, -0.1) is 0 Å². The van der Waals surface area contributed by atoms with Crippen molar-refractivity contribution in [2.45, 2.75) is 0 Å². The molecular weight excluding hydrogens is 260 g/mol. The molecule has 2 N–H and O–H groups in total. The molecule has 0 fully saturated rings. The van der Waals surface area contributed by atoms with Gasteiger partial charge in [0.25, 0.3) is 0 Å². The third-order valence-electron chi connectivity index (χ3n) is 2.72. The van der Waals surface area contributed by atoms with E-state index in [4.69, 9.17) is 16.3 Å². The predicted octanol–water partition coefficient (Wildman–Crippen LogP) is 3.87. The summed E-state index contributed by atoms with van der Waals surface area (Å²) in [5.74, 6) is 0.866. The molecule has 0 amide bonds. The molecule has 0 aliphatic rings. The maximum atomic E-state index is 5.83. The maximum absolute atomic E-state index is 5.83. The number of hydrogen-bond acceptors (Lipinski definition) is 3. The van der Waals surface area contributed by atoms with Crippen LogP contribution in [0.5, 0.6) is 5.75 Å². The number of nitrogens with one attached hydrogen (secondary N) is 2. The Balaban J connectivity index is 1.72. The van der Waals surface area contributed by atoms with Gasteiger partial charge in [-0.2, -0.15) is 0 Å². The molecule has 0 heterocycles. The summed E-state index contributed by atoms with van der Waals surface area (Å²) in [4.78, 5) is 0. The van der Waals surface area contributed by atoms with Crippen LogP contribution < -0.4 is 15.4 Å². The number of ether oxygens (including phenoxy) is 1. The second kappa shape index (κ2) is 6.90. The molecule has 0 saturated carbocycles. The summed E-state index contributed by atoms with van der Waals surface area (Å²) in [6.07, 6.45) is 0. The van der Waals surface area contributed by atoms with Gasteiger partial charge in [-0.25, -0.2) is 0 Å². The molecule has 0 atom stereocenters. The number of methoxy groups -OCH3 is 1. The number of rotatable bonds is 6. The zero-order valence-corrected chi connectivity index (χ0v) is 11.6. The summed E-state index contributed by atoms with van der Waals surface area (Å²) < 4.78 is 5.11. The fraction of sp³-hybridized carbons (Fsp3) is 0.200. The zero-order chi connectivity index (χ0) is 13.5. The van der Waals surface area contributed by atoms with E-state index >= 15 is 0 Å². The molecule has 0 bridgehead atoms. The third-order valence-corrected chi connectivity index (χ3v) is 2.97. The van der Waals surface area contributed by atoms with Gasteiger partial charge in [-0.3, -0.25) is 0 Å². The first-order valence-electron chi connectivity index (χ1n) is 6.15. The summed E-state index contributed by atoms with van der Waals surface area (Å²) >= 11 is 5.83. The highest BCUT2D eigenvalue weighted by atomic mass is 35.5. The van der Waals surface area contributed by atoms with E-state index in [9.17, 15) is 0 Å². The van der Waals surface area contributed by atoms with Gasteiger partial charge in [-0.1, -0.05) is 11.6 Å². The normalized spacial score (nSPS) is 10.0. The van der Waals surface area contributed by atoms with Crippen LogP contribution in [0.1, 0.15) is 0 Å². The lowest BCUT2D eigenvalue weighted by molar-refractivity contribution is 0.415. The van der Waals surface area contributed by atoms with Crippen LogP contribution in [0.2, 0.25) is 5.02 Å². The Morgan fingerprint density at radius 3 is 1.79 bits per heavy atom. The smallest absolute Gasteiger partial charge is 0.119 e. The Hall–Kier alpha value is -1.87. The van der Waals surface area contributed by atoms with Crippen LogP contribution in [0.4, 0.5) is 11.4 Å². The van der Waals surface area contributed by atoms with E-state index in [-0.39, 0.29) is 0 Å². The van der Waals surface area contributed by atoms with Crippen LogP contribution in [0.25, 0.3) is 0 Å². The summed E-state index contributed by atoms with van der Waals surface area (Å²) in [7, 11) is 1.67. The van der Waals surface area contributed by atoms with E-state index in [1.165, 1.54) is 0 Å². The molecule has 2 aromatic rings. The minimum absolute atomic E-state index is 0.752. The van der Waals surface area contributed by atoms with E-state index in [1.54, 1.807) is 7.11 Å². The molecule has 2 aromatic carbocycles. The standard InChI is InChI=1S/C15H17ClN2O/c1-19-15-8-6-14(7-9-15)18-11-10-17-13-4-2-12(16)3-5-13/h2-9,17-18H,10-11H2,1H3. The molecule has 0 radical (unpaired) electrons.